The molecule has 1 atom stereocenters. The van der Waals surface area contributed by atoms with Crippen molar-refractivity contribution in [2.45, 2.75) is 32.9 Å². The molecule has 0 saturated carbocycles. The van der Waals surface area contributed by atoms with E-state index in [1.165, 1.54) is 21.4 Å². The van der Waals surface area contributed by atoms with Crippen LogP contribution in [0.4, 0.5) is 0 Å². The van der Waals surface area contributed by atoms with E-state index in [0.29, 0.717) is 6.04 Å². The van der Waals surface area contributed by atoms with Crippen molar-refractivity contribution in [3.8, 4) is 0 Å². The summed E-state index contributed by atoms with van der Waals surface area (Å²) in [6, 6.07) is 11.4. The Bertz CT molecular complexity index is 445. The molecule has 0 aliphatic rings. The summed E-state index contributed by atoms with van der Waals surface area (Å²) >= 11 is 1.88. The summed E-state index contributed by atoms with van der Waals surface area (Å²) in [6.07, 6.45) is 1.20. The van der Waals surface area contributed by atoms with Crippen molar-refractivity contribution in [2.75, 3.05) is 13.1 Å². The molecular formula is C15H22N2S. The molecule has 0 aliphatic carbocycles. The van der Waals surface area contributed by atoms with E-state index in [1.54, 1.807) is 0 Å². The van der Waals surface area contributed by atoms with Crippen molar-refractivity contribution in [3.63, 3.8) is 0 Å². The Morgan fingerprint density at radius 1 is 1.28 bits per heavy atom. The monoisotopic (exact) mass is 262 g/mol. The zero-order chi connectivity index (χ0) is 12.8. The maximum Gasteiger partial charge on any atom is 0.0346 e. The lowest BCUT2D eigenvalue weighted by atomic mass is 10.2. The van der Waals surface area contributed by atoms with Crippen LogP contribution >= 0.6 is 11.3 Å². The fourth-order valence-corrected chi connectivity index (χ4v) is 2.98. The molecule has 2 aromatic rings. The first-order valence-corrected chi connectivity index (χ1v) is 7.53. The molecule has 0 amide bonds. The highest BCUT2D eigenvalue weighted by molar-refractivity contribution is 7.19. The van der Waals surface area contributed by atoms with Crippen LogP contribution in [-0.4, -0.2) is 19.1 Å². The minimum Gasteiger partial charge on any atom is -0.315 e. The summed E-state index contributed by atoms with van der Waals surface area (Å²) in [5.41, 5.74) is 0. The molecular weight excluding hydrogens is 240 g/mol. The van der Waals surface area contributed by atoms with Gasteiger partial charge >= 0.3 is 0 Å². The van der Waals surface area contributed by atoms with Gasteiger partial charge in [-0.15, -0.1) is 11.3 Å². The fourth-order valence-electron chi connectivity index (χ4n) is 1.97. The Morgan fingerprint density at radius 3 is 2.89 bits per heavy atom. The van der Waals surface area contributed by atoms with E-state index in [2.05, 4.69) is 54.8 Å². The highest BCUT2D eigenvalue weighted by Gasteiger charge is 2.03. The van der Waals surface area contributed by atoms with Gasteiger partial charge in [0.1, 0.15) is 0 Å². The third kappa shape index (κ3) is 3.80. The van der Waals surface area contributed by atoms with E-state index in [4.69, 9.17) is 0 Å². The maximum absolute atomic E-state index is 3.57. The van der Waals surface area contributed by atoms with E-state index >= 15 is 0 Å². The predicted octanol–water partition coefficient (Wildman–Crippen LogP) is 3.38. The first kappa shape index (κ1) is 13.5. The number of nitrogens with one attached hydrogen (secondary N) is 2. The average Bonchev–Trinajstić information content (AvgIpc) is 2.79. The smallest absolute Gasteiger partial charge is 0.0346 e. The van der Waals surface area contributed by atoms with Gasteiger partial charge in [0, 0.05) is 28.7 Å². The van der Waals surface area contributed by atoms with Crippen molar-refractivity contribution in [1.29, 1.82) is 0 Å². The van der Waals surface area contributed by atoms with Crippen molar-refractivity contribution < 1.29 is 0 Å². The highest BCUT2D eigenvalue weighted by Crippen LogP contribution is 2.24. The van der Waals surface area contributed by atoms with Gasteiger partial charge in [-0.1, -0.05) is 25.1 Å². The van der Waals surface area contributed by atoms with Crippen LogP contribution in [0.25, 0.3) is 10.1 Å². The number of benzene rings is 1. The first-order chi connectivity index (χ1) is 8.79. The minimum atomic E-state index is 0.516. The third-order valence-electron chi connectivity index (χ3n) is 2.98. The summed E-state index contributed by atoms with van der Waals surface area (Å²) in [6.45, 7) is 7.54. The molecule has 1 unspecified atom stereocenters. The van der Waals surface area contributed by atoms with Gasteiger partial charge in [0.05, 0.1) is 0 Å². The standard InChI is InChI=1S/C15H22N2S/c1-3-8-16-10-12(2)17-11-14-9-13-6-4-5-7-15(13)18-14/h4-7,9,12,16-17H,3,8,10-11H2,1-2H3. The quantitative estimate of drug-likeness (QED) is 0.748. The maximum atomic E-state index is 3.57. The highest BCUT2D eigenvalue weighted by atomic mass is 32.1. The molecule has 0 spiro atoms. The lowest BCUT2D eigenvalue weighted by Crippen LogP contribution is -2.36. The van der Waals surface area contributed by atoms with Crippen LogP contribution in [0.15, 0.2) is 30.3 Å². The second-order valence-corrected chi connectivity index (χ2v) is 5.90. The van der Waals surface area contributed by atoms with Gasteiger partial charge in [-0.25, -0.2) is 0 Å². The van der Waals surface area contributed by atoms with E-state index in [1.807, 2.05) is 11.3 Å². The Labute approximate surface area is 113 Å². The predicted molar refractivity (Wildman–Crippen MR) is 81.3 cm³/mol. The molecule has 18 heavy (non-hydrogen) atoms. The number of thiophene rings is 1. The molecule has 3 heteroatoms. The largest absolute Gasteiger partial charge is 0.315 e. The molecule has 0 saturated heterocycles. The summed E-state index contributed by atoms with van der Waals surface area (Å²) in [7, 11) is 0. The van der Waals surface area contributed by atoms with Crippen LogP contribution in [0.3, 0.4) is 0 Å². The van der Waals surface area contributed by atoms with Crippen molar-refractivity contribution >= 4 is 21.4 Å². The molecule has 2 rings (SSSR count). The van der Waals surface area contributed by atoms with Gasteiger partial charge in [0.2, 0.25) is 0 Å². The van der Waals surface area contributed by atoms with Crippen molar-refractivity contribution in [2.24, 2.45) is 0 Å². The molecule has 0 bridgehead atoms. The van der Waals surface area contributed by atoms with Crippen molar-refractivity contribution in [3.05, 3.63) is 35.2 Å². The van der Waals surface area contributed by atoms with Crippen LogP contribution in [0.1, 0.15) is 25.1 Å². The molecule has 1 heterocycles. The van der Waals surface area contributed by atoms with E-state index in [9.17, 15) is 0 Å². The SMILES string of the molecule is CCCNCC(C)NCc1cc2ccccc2s1. The molecule has 2 N–H and O–H groups in total. The zero-order valence-electron chi connectivity index (χ0n) is 11.2. The summed E-state index contributed by atoms with van der Waals surface area (Å²) in [4.78, 5) is 1.42. The Hall–Kier alpha value is -0.900. The summed E-state index contributed by atoms with van der Waals surface area (Å²) in [5.74, 6) is 0. The number of fused-ring (bicyclic) bond motifs is 1. The number of hydrogen-bond donors (Lipinski definition) is 2. The van der Waals surface area contributed by atoms with E-state index < -0.39 is 0 Å². The molecule has 98 valence electrons. The van der Waals surface area contributed by atoms with Crippen LogP contribution in [-0.2, 0) is 6.54 Å². The van der Waals surface area contributed by atoms with Crippen LogP contribution in [0, 0.1) is 0 Å². The van der Waals surface area contributed by atoms with E-state index in [0.717, 1.165) is 19.6 Å². The first-order valence-electron chi connectivity index (χ1n) is 6.71. The summed E-state index contributed by atoms with van der Waals surface area (Å²) < 4.78 is 1.38. The molecule has 2 nitrogen and oxygen atoms in total. The van der Waals surface area contributed by atoms with E-state index in [-0.39, 0.29) is 0 Å². The molecule has 0 radical (unpaired) electrons. The lowest BCUT2D eigenvalue weighted by Gasteiger charge is -2.13. The zero-order valence-corrected chi connectivity index (χ0v) is 12.0. The van der Waals surface area contributed by atoms with Crippen LogP contribution < -0.4 is 10.6 Å². The Morgan fingerprint density at radius 2 is 2.11 bits per heavy atom. The second-order valence-electron chi connectivity index (χ2n) is 4.74. The topological polar surface area (TPSA) is 24.1 Å². The second kappa shape index (κ2) is 6.88. The van der Waals surface area contributed by atoms with Gasteiger partial charge < -0.3 is 10.6 Å². The lowest BCUT2D eigenvalue weighted by molar-refractivity contribution is 0.503. The van der Waals surface area contributed by atoms with Gasteiger partial charge in [-0.3, -0.25) is 0 Å². The van der Waals surface area contributed by atoms with Gasteiger partial charge in [-0.2, -0.15) is 0 Å². The minimum absolute atomic E-state index is 0.516. The number of rotatable bonds is 7. The molecule has 1 aromatic heterocycles. The third-order valence-corrected chi connectivity index (χ3v) is 4.09. The molecule has 0 aliphatic heterocycles. The van der Waals surface area contributed by atoms with Gasteiger partial charge in [0.25, 0.3) is 0 Å². The molecule has 0 fully saturated rings. The number of hydrogen-bond acceptors (Lipinski definition) is 3. The van der Waals surface area contributed by atoms with Crippen LogP contribution in [0.5, 0.6) is 0 Å². The Kier molecular flexibility index (Phi) is 5.17. The van der Waals surface area contributed by atoms with Crippen LogP contribution in [0.2, 0.25) is 0 Å². The molecule has 1 aromatic carbocycles. The normalized spacial score (nSPS) is 13.0. The summed E-state index contributed by atoms with van der Waals surface area (Å²) in [5, 5.41) is 8.36. The van der Waals surface area contributed by atoms with Crippen molar-refractivity contribution in [1.82, 2.24) is 10.6 Å². The fraction of sp³-hybridized carbons (Fsp3) is 0.467. The Balaban J connectivity index is 1.82. The van der Waals surface area contributed by atoms with Gasteiger partial charge in [0.15, 0.2) is 0 Å². The average molecular weight is 262 g/mol. The van der Waals surface area contributed by atoms with Gasteiger partial charge in [-0.05, 0) is 37.4 Å².